The van der Waals surface area contributed by atoms with Crippen LogP contribution in [0.3, 0.4) is 0 Å². The van der Waals surface area contributed by atoms with Gasteiger partial charge in [0.2, 0.25) is 0 Å². The summed E-state index contributed by atoms with van der Waals surface area (Å²) in [6.45, 7) is 5.06. The molecule has 120 valence electrons. The van der Waals surface area contributed by atoms with Gasteiger partial charge in [-0.1, -0.05) is 52.4 Å². The molecule has 0 saturated heterocycles. The molecule has 1 heterocycles. The molecule has 0 aromatic heterocycles. The van der Waals surface area contributed by atoms with Gasteiger partial charge in [0.1, 0.15) is 0 Å². The van der Waals surface area contributed by atoms with E-state index in [9.17, 15) is 9.59 Å². The van der Waals surface area contributed by atoms with Gasteiger partial charge < -0.3 is 14.2 Å². The molecule has 0 spiro atoms. The van der Waals surface area contributed by atoms with E-state index < -0.39 is 11.9 Å². The zero-order chi connectivity index (χ0) is 15.5. The number of carbonyl (C=O) groups excluding carboxylic acids is 2. The van der Waals surface area contributed by atoms with E-state index in [0.717, 1.165) is 51.4 Å². The van der Waals surface area contributed by atoms with Gasteiger partial charge in [0.15, 0.2) is 0 Å². The number of carbonyl (C=O) groups is 2. The van der Waals surface area contributed by atoms with Crippen LogP contribution in [0, 0.1) is 0 Å². The monoisotopic (exact) mass is 298 g/mol. The molecule has 0 bridgehead atoms. The number of hydrogen-bond acceptors (Lipinski definition) is 5. The van der Waals surface area contributed by atoms with Crippen LogP contribution in [0.4, 0.5) is 0 Å². The van der Waals surface area contributed by atoms with Crippen molar-refractivity contribution in [2.75, 3.05) is 13.2 Å². The summed E-state index contributed by atoms with van der Waals surface area (Å²) in [7, 11) is 0. The first-order valence-corrected chi connectivity index (χ1v) is 7.97. The lowest BCUT2D eigenvalue weighted by atomic mass is 10.2. The standard InChI is InChI=1S/C16H26O5/c1-3-5-7-9-11-19-13-14(16(18)21-15(13)17)20-12-10-8-6-4-2/h3-12H2,1-2H3. The number of cyclic esters (lactones) is 2. The molecule has 0 N–H and O–H groups in total. The van der Waals surface area contributed by atoms with Gasteiger partial charge in [-0.15, -0.1) is 0 Å². The van der Waals surface area contributed by atoms with Gasteiger partial charge in [-0.25, -0.2) is 9.59 Å². The average Bonchev–Trinajstić information content (AvgIpc) is 2.73. The van der Waals surface area contributed by atoms with E-state index in [2.05, 4.69) is 18.6 Å². The maximum Gasteiger partial charge on any atom is 0.385 e. The third-order valence-electron chi connectivity index (χ3n) is 3.25. The fourth-order valence-corrected chi connectivity index (χ4v) is 2.02. The van der Waals surface area contributed by atoms with Crippen LogP contribution >= 0.6 is 0 Å². The predicted molar refractivity (Wildman–Crippen MR) is 78.3 cm³/mol. The third kappa shape index (κ3) is 6.19. The Kier molecular flexibility index (Phi) is 8.55. The molecular formula is C16H26O5. The minimum atomic E-state index is -0.737. The summed E-state index contributed by atoms with van der Waals surface area (Å²) in [6, 6.07) is 0. The topological polar surface area (TPSA) is 61.8 Å². The molecule has 0 radical (unpaired) electrons. The summed E-state index contributed by atoms with van der Waals surface area (Å²) in [4.78, 5) is 23.1. The lowest BCUT2D eigenvalue weighted by molar-refractivity contribution is -0.153. The highest BCUT2D eigenvalue weighted by molar-refractivity contribution is 6.09. The first kappa shape index (κ1) is 17.5. The maximum atomic E-state index is 11.5. The summed E-state index contributed by atoms with van der Waals surface area (Å²) >= 11 is 0. The fourth-order valence-electron chi connectivity index (χ4n) is 2.02. The zero-order valence-corrected chi connectivity index (χ0v) is 13.1. The van der Waals surface area contributed by atoms with E-state index in [0.29, 0.717) is 13.2 Å². The molecule has 0 fully saturated rings. The molecule has 0 atom stereocenters. The number of unbranched alkanes of at least 4 members (excludes halogenated alkanes) is 6. The van der Waals surface area contributed by atoms with Gasteiger partial charge >= 0.3 is 11.9 Å². The first-order chi connectivity index (χ1) is 10.2. The minimum absolute atomic E-state index is 0.0630. The van der Waals surface area contributed by atoms with Crippen LogP contribution in [0.15, 0.2) is 11.5 Å². The fraction of sp³-hybridized carbons (Fsp3) is 0.750. The first-order valence-electron chi connectivity index (χ1n) is 7.97. The second-order valence-corrected chi connectivity index (χ2v) is 5.15. The van der Waals surface area contributed by atoms with Gasteiger partial charge in [-0.3, -0.25) is 0 Å². The molecule has 0 unspecified atom stereocenters. The Morgan fingerprint density at radius 3 is 1.52 bits per heavy atom. The van der Waals surface area contributed by atoms with Crippen LogP contribution in [0.2, 0.25) is 0 Å². The van der Waals surface area contributed by atoms with E-state index >= 15 is 0 Å². The average molecular weight is 298 g/mol. The maximum absolute atomic E-state index is 11.5. The molecule has 0 aliphatic carbocycles. The molecule has 5 heteroatoms. The quantitative estimate of drug-likeness (QED) is 0.313. The van der Waals surface area contributed by atoms with Crippen molar-refractivity contribution in [3.05, 3.63) is 11.5 Å². The Morgan fingerprint density at radius 2 is 1.14 bits per heavy atom. The predicted octanol–water partition coefficient (Wildman–Crippen LogP) is 3.48. The lowest BCUT2D eigenvalue weighted by Crippen LogP contribution is -2.06. The van der Waals surface area contributed by atoms with Crippen LogP contribution in [-0.4, -0.2) is 25.2 Å². The Morgan fingerprint density at radius 1 is 0.714 bits per heavy atom. The van der Waals surface area contributed by atoms with Crippen molar-refractivity contribution in [2.24, 2.45) is 0 Å². The highest BCUT2D eigenvalue weighted by Crippen LogP contribution is 2.20. The summed E-state index contributed by atoms with van der Waals surface area (Å²) in [5.74, 6) is -1.60. The lowest BCUT2D eigenvalue weighted by Gasteiger charge is -2.07. The van der Waals surface area contributed by atoms with Crippen molar-refractivity contribution in [1.29, 1.82) is 0 Å². The summed E-state index contributed by atoms with van der Waals surface area (Å²) in [5.41, 5.74) is 0. The van der Waals surface area contributed by atoms with E-state index in [4.69, 9.17) is 9.47 Å². The van der Waals surface area contributed by atoms with Crippen LogP contribution in [0.1, 0.15) is 65.2 Å². The SMILES string of the molecule is CCCCCCOC1=C(OCCCCCC)C(=O)OC1=O. The second kappa shape index (κ2) is 10.2. The Bertz CT molecular complexity index is 339. The van der Waals surface area contributed by atoms with Crippen molar-refractivity contribution in [1.82, 2.24) is 0 Å². The highest BCUT2D eigenvalue weighted by atomic mass is 16.6. The molecule has 0 saturated carbocycles. The Balaban J connectivity index is 2.40. The van der Waals surface area contributed by atoms with Crippen LogP contribution in [-0.2, 0) is 23.8 Å². The van der Waals surface area contributed by atoms with Crippen molar-refractivity contribution < 1.29 is 23.8 Å². The van der Waals surface area contributed by atoms with Gasteiger partial charge in [-0.05, 0) is 12.8 Å². The molecule has 1 aliphatic rings. The summed E-state index contributed by atoms with van der Waals surface area (Å²) < 4.78 is 15.3. The minimum Gasteiger partial charge on any atom is -0.484 e. The molecule has 0 aromatic carbocycles. The van der Waals surface area contributed by atoms with Crippen LogP contribution < -0.4 is 0 Å². The van der Waals surface area contributed by atoms with E-state index in [1.54, 1.807) is 0 Å². The molecule has 1 aliphatic heterocycles. The largest absolute Gasteiger partial charge is 0.484 e. The van der Waals surface area contributed by atoms with Gasteiger partial charge in [0.25, 0.3) is 11.5 Å². The summed E-state index contributed by atoms with van der Waals surface area (Å²) in [6.07, 6.45) is 8.31. The van der Waals surface area contributed by atoms with Gasteiger partial charge in [0.05, 0.1) is 13.2 Å². The number of rotatable bonds is 12. The molecule has 1 rings (SSSR count). The third-order valence-corrected chi connectivity index (χ3v) is 3.25. The van der Waals surface area contributed by atoms with E-state index in [-0.39, 0.29) is 11.5 Å². The van der Waals surface area contributed by atoms with Gasteiger partial charge in [0, 0.05) is 0 Å². The highest BCUT2D eigenvalue weighted by Gasteiger charge is 2.36. The van der Waals surface area contributed by atoms with E-state index in [1.165, 1.54) is 0 Å². The van der Waals surface area contributed by atoms with Crippen LogP contribution in [0.25, 0.3) is 0 Å². The summed E-state index contributed by atoms with van der Waals surface area (Å²) in [5, 5.41) is 0. The molecular weight excluding hydrogens is 272 g/mol. The normalized spacial score (nSPS) is 14.6. The van der Waals surface area contributed by atoms with Crippen molar-refractivity contribution >= 4 is 11.9 Å². The zero-order valence-electron chi connectivity index (χ0n) is 13.1. The van der Waals surface area contributed by atoms with Gasteiger partial charge in [-0.2, -0.15) is 0 Å². The molecule has 5 nitrogen and oxygen atoms in total. The number of ether oxygens (including phenoxy) is 3. The van der Waals surface area contributed by atoms with Crippen molar-refractivity contribution in [3.63, 3.8) is 0 Å². The number of esters is 2. The van der Waals surface area contributed by atoms with Crippen molar-refractivity contribution in [2.45, 2.75) is 65.2 Å². The van der Waals surface area contributed by atoms with E-state index in [1.807, 2.05) is 0 Å². The van der Waals surface area contributed by atoms with Crippen molar-refractivity contribution in [3.8, 4) is 0 Å². The molecule has 0 amide bonds. The number of hydrogen-bond donors (Lipinski definition) is 0. The Labute approximate surface area is 126 Å². The molecule has 0 aromatic rings. The van der Waals surface area contributed by atoms with Crippen LogP contribution in [0.5, 0.6) is 0 Å². The smallest absolute Gasteiger partial charge is 0.385 e. The molecule has 21 heavy (non-hydrogen) atoms. The second-order valence-electron chi connectivity index (χ2n) is 5.15. The Hall–Kier alpha value is -1.52.